The molecule has 0 unspecified atom stereocenters. The third-order valence-corrected chi connectivity index (χ3v) is 3.04. The molecule has 2 N–H and O–H groups in total. The Bertz CT molecular complexity index is 380. The number of aliphatic hydroxyl groups excluding tert-OH is 1. The first kappa shape index (κ1) is 10.2. The van der Waals surface area contributed by atoms with Gasteiger partial charge in [-0.1, -0.05) is 24.3 Å². The summed E-state index contributed by atoms with van der Waals surface area (Å²) in [4.78, 5) is 11.1. The van der Waals surface area contributed by atoms with Gasteiger partial charge in [0.25, 0.3) is 0 Å². The fourth-order valence-electron chi connectivity index (χ4n) is 1.90. The number of aliphatic hydroxyl groups is 1. The van der Waals surface area contributed by atoms with E-state index in [1.165, 1.54) is 0 Å². The second-order valence-electron chi connectivity index (χ2n) is 4.06. The minimum absolute atomic E-state index is 0.101. The molecule has 1 aromatic rings. The molecular formula is C12H14O3. The zero-order chi connectivity index (χ0) is 10.9. The fraction of sp³-hybridized carbons (Fsp3) is 0.417. The van der Waals surface area contributed by atoms with Crippen LogP contribution in [0.4, 0.5) is 0 Å². The van der Waals surface area contributed by atoms with Crippen LogP contribution in [0, 0.1) is 0 Å². The quantitative estimate of drug-likeness (QED) is 0.781. The van der Waals surface area contributed by atoms with E-state index in [0.717, 1.165) is 24.0 Å². The summed E-state index contributed by atoms with van der Waals surface area (Å²) < 4.78 is 0. The number of hydrogen-bond acceptors (Lipinski definition) is 2. The van der Waals surface area contributed by atoms with E-state index in [2.05, 4.69) is 0 Å². The van der Waals surface area contributed by atoms with Crippen LogP contribution in [-0.4, -0.2) is 22.8 Å². The highest BCUT2D eigenvalue weighted by atomic mass is 16.4. The Balaban J connectivity index is 2.29. The summed E-state index contributed by atoms with van der Waals surface area (Å²) in [5.41, 5.74) is 1.24. The van der Waals surface area contributed by atoms with Crippen LogP contribution in [0.1, 0.15) is 24.0 Å². The summed E-state index contributed by atoms with van der Waals surface area (Å²) in [5, 5.41) is 18.0. The summed E-state index contributed by atoms with van der Waals surface area (Å²) in [6.45, 7) is 0.101. The molecule has 0 amide bonds. The minimum Gasteiger partial charge on any atom is -0.481 e. The maximum Gasteiger partial charge on any atom is 0.314 e. The number of carboxylic acid groups (broad SMARTS) is 1. The summed E-state index contributed by atoms with van der Waals surface area (Å²) in [6, 6.07) is 7.54. The molecule has 1 aromatic carbocycles. The van der Waals surface area contributed by atoms with Crippen LogP contribution in [0.25, 0.3) is 0 Å². The molecule has 1 saturated carbocycles. The zero-order valence-electron chi connectivity index (χ0n) is 8.44. The van der Waals surface area contributed by atoms with Crippen molar-refractivity contribution in [1.29, 1.82) is 0 Å². The van der Waals surface area contributed by atoms with Crippen LogP contribution in [0.5, 0.6) is 0 Å². The average Bonchev–Trinajstić information content (AvgIpc) is 2.99. The van der Waals surface area contributed by atoms with Crippen LogP contribution in [0.3, 0.4) is 0 Å². The number of aliphatic carboxylic acids is 1. The molecule has 1 fully saturated rings. The van der Waals surface area contributed by atoms with E-state index in [1.807, 2.05) is 24.3 Å². The molecule has 15 heavy (non-hydrogen) atoms. The van der Waals surface area contributed by atoms with Crippen molar-refractivity contribution in [2.24, 2.45) is 0 Å². The van der Waals surface area contributed by atoms with E-state index in [4.69, 9.17) is 10.2 Å². The van der Waals surface area contributed by atoms with Gasteiger partial charge >= 0.3 is 5.97 Å². The van der Waals surface area contributed by atoms with Gasteiger partial charge in [-0.05, 0) is 30.4 Å². The van der Waals surface area contributed by atoms with Crippen molar-refractivity contribution in [1.82, 2.24) is 0 Å². The Labute approximate surface area is 88.4 Å². The maximum atomic E-state index is 11.1. The Morgan fingerprint density at radius 2 is 2.13 bits per heavy atom. The van der Waals surface area contributed by atoms with Gasteiger partial charge in [0.2, 0.25) is 0 Å². The predicted molar refractivity (Wildman–Crippen MR) is 55.8 cm³/mol. The van der Waals surface area contributed by atoms with E-state index in [0.29, 0.717) is 6.42 Å². The summed E-state index contributed by atoms with van der Waals surface area (Å²) in [5.74, 6) is -0.733. The van der Waals surface area contributed by atoms with E-state index >= 15 is 0 Å². The number of rotatable bonds is 4. The Kier molecular flexibility index (Phi) is 2.49. The molecule has 0 aromatic heterocycles. The van der Waals surface area contributed by atoms with Gasteiger partial charge in [-0.2, -0.15) is 0 Å². The molecule has 1 aliphatic rings. The highest BCUT2D eigenvalue weighted by Crippen LogP contribution is 2.48. The van der Waals surface area contributed by atoms with Crippen molar-refractivity contribution >= 4 is 5.97 Å². The second-order valence-corrected chi connectivity index (χ2v) is 4.06. The molecule has 0 bridgehead atoms. The minimum atomic E-state index is -0.733. The van der Waals surface area contributed by atoms with Crippen molar-refractivity contribution < 1.29 is 15.0 Å². The third kappa shape index (κ3) is 1.75. The number of benzene rings is 1. The monoisotopic (exact) mass is 206 g/mol. The number of carbonyl (C=O) groups is 1. The Morgan fingerprint density at radius 1 is 1.40 bits per heavy atom. The van der Waals surface area contributed by atoms with Gasteiger partial charge in [-0.15, -0.1) is 0 Å². The van der Waals surface area contributed by atoms with Gasteiger partial charge in [0.05, 0.1) is 5.41 Å². The van der Waals surface area contributed by atoms with Crippen molar-refractivity contribution in [2.75, 3.05) is 6.61 Å². The molecule has 3 nitrogen and oxygen atoms in total. The van der Waals surface area contributed by atoms with Gasteiger partial charge in [-0.25, -0.2) is 0 Å². The van der Waals surface area contributed by atoms with Crippen molar-refractivity contribution in [2.45, 2.75) is 24.7 Å². The lowest BCUT2D eigenvalue weighted by atomic mass is 9.94. The summed E-state index contributed by atoms with van der Waals surface area (Å²) in [6.07, 6.45) is 2.04. The molecular weight excluding hydrogens is 192 g/mol. The molecule has 2 rings (SSSR count). The lowest BCUT2D eigenvalue weighted by molar-refractivity contribution is -0.140. The summed E-state index contributed by atoms with van der Waals surface area (Å²) in [7, 11) is 0. The van der Waals surface area contributed by atoms with Crippen LogP contribution < -0.4 is 0 Å². The van der Waals surface area contributed by atoms with Crippen molar-refractivity contribution in [3.8, 4) is 0 Å². The van der Waals surface area contributed by atoms with Crippen LogP contribution >= 0.6 is 0 Å². The molecule has 1 aliphatic carbocycles. The molecule has 0 heterocycles. The Hall–Kier alpha value is -1.35. The van der Waals surface area contributed by atoms with Gasteiger partial charge in [0.15, 0.2) is 0 Å². The lowest BCUT2D eigenvalue weighted by Crippen LogP contribution is -2.19. The predicted octanol–water partition coefficient (Wildman–Crippen LogP) is 1.34. The normalized spacial score (nSPS) is 17.4. The first-order chi connectivity index (χ1) is 7.19. The highest BCUT2D eigenvalue weighted by Gasteiger charge is 2.51. The largest absolute Gasteiger partial charge is 0.481 e. The molecule has 0 spiro atoms. The second kappa shape index (κ2) is 3.66. The zero-order valence-corrected chi connectivity index (χ0v) is 8.44. The number of hydrogen-bond donors (Lipinski definition) is 2. The van der Waals surface area contributed by atoms with E-state index < -0.39 is 11.4 Å². The van der Waals surface area contributed by atoms with Gasteiger partial charge in [0.1, 0.15) is 0 Å². The molecule has 0 atom stereocenters. The van der Waals surface area contributed by atoms with Gasteiger partial charge in [-0.3, -0.25) is 4.79 Å². The highest BCUT2D eigenvalue weighted by molar-refractivity contribution is 5.84. The molecule has 80 valence electrons. The topological polar surface area (TPSA) is 57.5 Å². The van der Waals surface area contributed by atoms with E-state index in [9.17, 15) is 4.79 Å². The van der Waals surface area contributed by atoms with Crippen LogP contribution in [0.2, 0.25) is 0 Å². The smallest absolute Gasteiger partial charge is 0.314 e. The summed E-state index contributed by atoms with van der Waals surface area (Å²) >= 11 is 0. The van der Waals surface area contributed by atoms with E-state index in [-0.39, 0.29) is 6.61 Å². The molecule has 0 aliphatic heterocycles. The average molecular weight is 206 g/mol. The first-order valence-electron chi connectivity index (χ1n) is 5.13. The van der Waals surface area contributed by atoms with Crippen molar-refractivity contribution in [3.05, 3.63) is 35.4 Å². The third-order valence-electron chi connectivity index (χ3n) is 3.04. The SMILES string of the molecule is O=C(O)C1(c2cccc(CCO)c2)CC1. The van der Waals surface area contributed by atoms with Crippen LogP contribution in [-0.2, 0) is 16.6 Å². The van der Waals surface area contributed by atoms with Crippen molar-refractivity contribution in [3.63, 3.8) is 0 Å². The molecule has 0 saturated heterocycles. The number of carboxylic acids is 1. The van der Waals surface area contributed by atoms with E-state index in [1.54, 1.807) is 0 Å². The fourth-order valence-corrected chi connectivity index (χ4v) is 1.90. The molecule has 0 radical (unpaired) electrons. The van der Waals surface area contributed by atoms with Crippen LogP contribution in [0.15, 0.2) is 24.3 Å². The maximum absolute atomic E-state index is 11.1. The standard InChI is InChI=1S/C12H14O3/c13-7-4-9-2-1-3-10(8-9)12(5-6-12)11(14)15/h1-3,8,13H,4-7H2,(H,14,15). The Morgan fingerprint density at radius 3 is 2.67 bits per heavy atom. The molecule has 3 heteroatoms. The first-order valence-corrected chi connectivity index (χ1v) is 5.13. The van der Waals surface area contributed by atoms with Gasteiger partial charge < -0.3 is 10.2 Å². The van der Waals surface area contributed by atoms with Gasteiger partial charge in [0, 0.05) is 6.61 Å². The lowest BCUT2D eigenvalue weighted by Gasteiger charge is -2.11.